The summed E-state index contributed by atoms with van der Waals surface area (Å²) in [5, 5.41) is 9.31. The highest BCUT2D eigenvalue weighted by Gasteiger charge is 2.43. The number of likely N-dealkylation sites (tertiary alicyclic amines) is 1. The molecule has 1 aliphatic carbocycles. The van der Waals surface area contributed by atoms with Crippen LogP contribution < -0.4 is 0 Å². The summed E-state index contributed by atoms with van der Waals surface area (Å²) in [5.74, 6) is -2.18. The number of ether oxygens (including phenoxy) is 2. The number of carboxylic acids is 1. The van der Waals surface area contributed by atoms with Crippen molar-refractivity contribution < 1.29 is 24.2 Å². The zero-order valence-corrected chi connectivity index (χ0v) is 12.3. The van der Waals surface area contributed by atoms with Crippen molar-refractivity contribution in [2.75, 3.05) is 26.3 Å². The molecule has 118 valence electrons. The fourth-order valence-electron chi connectivity index (χ4n) is 3.81. The molecule has 6 nitrogen and oxygen atoms in total. The molecule has 0 aromatic carbocycles. The molecule has 1 spiro atoms. The van der Waals surface area contributed by atoms with E-state index in [4.69, 9.17) is 9.47 Å². The van der Waals surface area contributed by atoms with Crippen LogP contribution in [0.1, 0.15) is 38.5 Å². The molecule has 3 aliphatic rings. The van der Waals surface area contributed by atoms with Gasteiger partial charge in [-0.15, -0.1) is 0 Å². The van der Waals surface area contributed by atoms with Crippen molar-refractivity contribution in [1.82, 2.24) is 4.90 Å². The van der Waals surface area contributed by atoms with Gasteiger partial charge in [0, 0.05) is 25.9 Å². The first-order valence-corrected chi connectivity index (χ1v) is 7.91. The molecule has 0 radical (unpaired) electrons. The quantitative estimate of drug-likeness (QED) is 0.830. The molecule has 3 fully saturated rings. The number of hydrogen-bond donors (Lipinski definition) is 1. The lowest BCUT2D eigenvalue weighted by Crippen LogP contribution is -2.50. The van der Waals surface area contributed by atoms with Gasteiger partial charge in [-0.3, -0.25) is 9.59 Å². The van der Waals surface area contributed by atoms with Crippen LogP contribution in [0, 0.1) is 11.8 Å². The van der Waals surface area contributed by atoms with E-state index in [1.807, 2.05) is 4.90 Å². The maximum atomic E-state index is 12.7. The maximum absolute atomic E-state index is 12.7. The van der Waals surface area contributed by atoms with Gasteiger partial charge in [0.25, 0.3) is 0 Å². The number of rotatable bonds is 2. The second kappa shape index (κ2) is 5.93. The Morgan fingerprint density at radius 2 is 1.57 bits per heavy atom. The molecule has 2 heterocycles. The standard InChI is InChI=1S/C15H23NO5/c17-13(11-3-1-2-4-12(11)14(18)19)16-7-5-15(6-8-16)20-9-10-21-15/h11-12H,1-10H2,(H,18,19)/t11-,12-/m1/s1. The number of hydrogen-bond acceptors (Lipinski definition) is 4. The van der Waals surface area contributed by atoms with Crippen molar-refractivity contribution in [3.8, 4) is 0 Å². The third-order valence-electron chi connectivity index (χ3n) is 5.05. The lowest BCUT2D eigenvalue weighted by molar-refractivity contribution is -0.189. The fourth-order valence-corrected chi connectivity index (χ4v) is 3.81. The lowest BCUT2D eigenvalue weighted by atomic mass is 9.78. The average molecular weight is 297 g/mol. The number of carbonyl (C=O) groups is 2. The van der Waals surface area contributed by atoms with Gasteiger partial charge >= 0.3 is 5.97 Å². The molecule has 21 heavy (non-hydrogen) atoms. The van der Waals surface area contributed by atoms with E-state index < -0.39 is 17.7 Å². The monoisotopic (exact) mass is 297 g/mol. The Labute approximate surface area is 124 Å². The zero-order valence-electron chi connectivity index (χ0n) is 12.3. The second-order valence-electron chi connectivity index (χ2n) is 6.27. The highest BCUT2D eigenvalue weighted by Crippen LogP contribution is 2.35. The van der Waals surface area contributed by atoms with Crippen molar-refractivity contribution in [2.45, 2.75) is 44.3 Å². The Hall–Kier alpha value is -1.14. The summed E-state index contributed by atoms with van der Waals surface area (Å²) in [6, 6.07) is 0. The number of carbonyl (C=O) groups excluding carboxylic acids is 1. The van der Waals surface area contributed by atoms with Gasteiger partial charge in [0.1, 0.15) is 0 Å². The maximum Gasteiger partial charge on any atom is 0.307 e. The van der Waals surface area contributed by atoms with Gasteiger partial charge in [-0.1, -0.05) is 12.8 Å². The molecule has 2 aliphatic heterocycles. The highest BCUT2D eigenvalue weighted by atomic mass is 16.7. The molecule has 1 N–H and O–H groups in total. The first-order valence-electron chi connectivity index (χ1n) is 7.91. The molecule has 6 heteroatoms. The Morgan fingerprint density at radius 1 is 1.00 bits per heavy atom. The Kier molecular flexibility index (Phi) is 4.17. The fraction of sp³-hybridized carbons (Fsp3) is 0.867. The third-order valence-corrected chi connectivity index (χ3v) is 5.05. The van der Waals surface area contributed by atoms with Gasteiger partial charge in [0.2, 0.25) is 5.91 Å². The smallest absolute Gasteiger partial charge is 0.307 e. The summed E-state index contributed by atoms with van der Waals surface area (Å²) in [4.78, 5) is 25.8. The van der Waals surface area contributed by atoms with E-state index in [0.29, 0.717) is 52.0 Å². The summed E-state index contributed by atoms with van der Waals surface area (Å²) < 4.78 is 11.3. The van der Waals surface area contributed by atoms with Gasteiger partial charge in [-0.2, -0.15) is 0 Å². The number of piperidine rings is 1. The minimum Gasteiger partial charge on any atom is -0.481 e. The summed E-state index contributed by atoms with van der Waals surface area (Å²) >= 11 is 0. The highest BCUT2D eigenvalue weighted by molar-refractivity contribution is 5.85. The van der Waals surface area contributed by atoms with E-state index in [1.54, 1.807) is 0 Å². The number of nitrogens with zero attached hydrogens (tertiary/aromatic N) is 1. The molecule has 3 rings (SSSR count). The van der Waals surface area contributed by atoms with Crippen LogP contribution in [0.2, 0.25) is 0 Å². The van der Waals surface area contributed by atoms with Gasteiger partial charge in [0.15, 0.2) is 5.79 Å². The normalized spacial score (nSPS) is 32.3. The van der Waals surface area contributed by atoms with Crippen LogP contribution in [-0.2, 0) is 19.1 Å². The molecule has 0 aromatic heterocycles. The van der Waals surface area contributed by atoms with Crippen LogP contribution in [-0.4, -0.2) is 54.0 Å². The number of carboxylic acid groups (broad SMARTS) is 1. The molecule has 1 saturated carbocycles. The van der Waals surface area contributed by atoms with Crippen molar-refractivity contribution in [3.05, 3.63) is 0 Å². The summed E-state index contributed by atoms with van der Waals surface area (Å²) in [7, 11) is 0. The van der Waals surface area contributed by atoms with E-state index in [-0.39, 0.29) is 11.8 Å². The van der Waals surface area contributed by atoms with Gasteiger partial charge in [-0.25, -0.2) is 0 Å². The van der Waals surface area contributed by atoms with E-state index in [2.05, 4.69) is 0 Å². The van der Waals surface area contributed by atoms with E-state index in [9.17, 15) is 14.7 Å². The van der Waals surface area contributed by atoms with Crippen LogP contribution in [0.25, 0.3) is 0 Å². The minimum atomic E-state index is -0.830. The first kappa shape index (κ1) is 14.8. The number of aliphatic carboxylic acids is 1. The van der Waals surface area contributed by atoms with E-state index in [1.165, 1.54) is 0 Å². The molecular formula is C15H23NO5. The van der Waals surface area contributed by atoms with Gasteiger partial charge in [-0.05, 0) is 12.8 Å². The summed E-state index contributed by atoms with van der Waals surface area (Å²) in [6.45, 7) is 2.44. The van der Waals surface area contributed by atoms with Crippen LogP contribution in [0.4, 0.5) is 0 Å². The zero-order chi connectivity index (χ0) is 14.9. The van der Waals surface area contributed by atoms with Crippen LogP contribution in [0.5, 0.6) is 0 Å². The molecule has 2 atom stereocenters. The minimum absolute atomic E-state index is 0.00921. The molecule has 1 amide bonds. The second-order valence-corrected chi connectivity index (χ2v) is 6.27. The van der Waals surface area contributed by atoms with E-state index >= 15 is 0 Å². The Balaban J connectivity index is 1.61. The Bertz CT molecular complexity index is 408. The average Bonchev–Trinajstić information content (AvgIpc) is 2.95. The van der Waals surface area contributed by atoms with E-state index in [0.717, 1.165) is 12.8 Å². The van der Waals surface area contributed by atoms with Gasteiger partial charge < -0.3 is 19.5 Å². The largest absolute Gasteiger partial charge is 0.481 e. The molecule has 0 bridgehead atoms. The first-order chi connectivity index (χ1) is 10.1. The van der Waals surface area contributed by atoms with Crippen molar-refractivity contribution >= 4 is 11.9 Å². The predicted molar refractivity (Wildman–Crippen MR) is 73.5 cm³/mol. The molecule has 0 unspecified atom stereocenters. The summed E-state index contributed by atoms with van der Waals surface area (Å²) in [6.07, 6.45) is 4.54. The topological polar surface area (TPSA) is 76.1 Å². The lowest BCUT2D eigenvalue weighted by Gasteiger charge is -2.40. The van der Waals surface area contributed by atoms with Crippen molar-refractivity contribution in [2.24, 2.45) is 11.8 Å². The summed E-state index contributed by atoms with van der Waals surface area (Å²) in [5.41, 5.74) is 0. The third kappa shape index (κ3) is 2.92. The predicted octanol–water partition coefficient (Wildman–Crippen LogP) is 1.24. The molecular weight excluding hydrogens is 274 g/mol. The Morgan fingerprint density at radius 3 is 2.14 bits per heavy atom. The van der Waals surface area contributed by atoms with Crippen LogP contribution in [0.15, 0.2) is 0 Å². The van der Waals surface area contributed by atoms with Crippen LogP contribution >= 0.6 is 0 Å². The molecule has 2 saturated heterocycles. The van der Waals surface area contributed by atoms with Crippen LogP contribution in [0.3, 0.4) is 0 Å². The van der Waals surface area contributed by atoms with Crippen molar-refractivity contribution in [3.63, 3.8) is 0 Å². The molecule has 0 aromatic rings. The number of amides is 1. The van der Waals surface area contributed by atoms with Crippen molar-refractivity contribution in [1.29, 1.82) is 0 Å². The van der Waals surface area contributed by atoms with Gasteiger partial charge in [0.05, 0.1) is 25.0 Å². The SMILES string of the molecule is O=C(O)[C@@H]1CCCC[C@H]1C(=O)N1CCC2(CC1)OCCO2.